The summed E-state index contributed by atoms with van der Waals surface area (Å²) in [6, 6.07) is 30.0. The lowest BCUT2D eigenvalue weighted by atomic mass is 9.41. The van der Waals surface area contributed by atoms with E-state index in [1.807, 2.05) is 24.3 Å². The maximum absolute atomic E-state index is 11.7. The lowest BCUT2D eigenvalue weighted by Crippen LogP contribution is -2.55. The number of rotatable bonds is 8. The highest BCUT2D eigenvalue weighted by Crippen LogP contribution is 2.66. The van der Waals surface area contributed by atoms with Gasteiger partial charge < -0.3 is 19.7 Å². The average molecular weight is 561 g/mol. The molecule has 0 spiro atoms. The van der Waals surface area contributed by atoms with E-state index in [1.165, 1.54) is 17.5 Å². The summed E-state index contributed by atoms with van der Waals surface area (Å²) < 4.78 is 12.3. The van der Waals surface area contributed by atoms with Crippen molar-refractivity contribution in [1.82, 2.24) is 0 Å². The maximum Gasteiger partial charge on any atom is 0.339 e. The molecule has 2 N–H and O–H groups in total. The van der Waals surface area contributed by atoms with Gasteiger partial charge in [0.2, 0.25) is 0 Å². The van der Waals surface area contributed by atoms with Crippen LogP contribution in [0.15, 0.2) is 97.1 Å². The number of hydrogen-bond acceptors (Lipinski definition) is 4. The lowest BCUT2D eigenvalue weighted by Gasteiger charge is -2.62. The SMILES string of the molecule is O=C(O)c1ccccc1Oc1cccc(C23CC4CC(C2)CC(c2cccc(Oc5ccccc5C(=O)O)c2)(C4)C3)c1. The van der Waals surface area contributed by atoms with Crippen molar-refractivity contribution in [3.05, 3.63) is 119 Å². The van der Waals surface area contributed by atoms with Crippen LogP contribution in [0.25, 0.3) is 0 Å². The van der Waals surface area contributed by atoms with Crippen LogP contribution in [0.2, 0.25) is 0 Å². The van der Waals surface area contributed by atoms with Crippen molar-refractivity contribution in [3.63, 3.8) is 0 Å². The van der Waals surface area contributed by atoms with Crippen molar-refractivity contribution >= 4 is 11.9 Å². The highest BCUT2D eigenvalue weighted by Gasteiger charge is 2.58. The molecule has 4 aromatic carbocycles. The zero-order valence-electron chi connectivity index (χ0n) is 23.2. The van der Waals surface area contributed by atoms with Crippen molar-refractivity contribution in [2.24, 2.45) is 11.8 Å². The third-order valence-electron chi connectivity index (χ3n) is 9.64. The van der Waals surface area contributed by atoms with Crippen LogP contribution in [0, 0.1) is 11.8 Å². The summed E-state index contributed by atoms with van der Waals surface area (Å²) in [5.41, 5.74) is 2.84. The van der Waals surface area contributed by atoms with E-state index in [-0.39, 0.29) is 22.0 Å². The molecule has 0 heterocycles. The zero-order chi connectivity index (χ0) is 28.9. The van der Waals surface area contributed by atoms with Crippen molar-refractivity contribution < 1.29 is 29.3 Å². The summed E-state index contributed by atoms with van der Waals surface area (Å²) in [5, 5.41) is 19.2. The highest BCUT2D eigenvalue weighted by atomic mass is 16.5. The molecule has 0 unspecified atom stereocenters. The van der Waals surface area contributed by atoms with E-state index in [2.05, 4.69) is 24.3 Å². The van der Waals surface area contributed by atoms with Gasteiger partial charge >= 0.3 is 11.9 Å². The minimum atomic E-state index is -1.01. The number of hydrogen-bond donors (Lipinski definition) is 2. The van der Waals surface area contributed by atoms with E-state index in [1.54, 1.807) is 48.5 Å². The fraction of sp³-hybridized carbons (Fsp3) is 0.278. The van der Waals surface area contributed by atoms with Gasteiger partial charge in [0.15, 0.2) is 0 Å². The first-order valence-corrected chi connectivity index (χ1v) is 14.5. The van der Waals surface area contributed by atoms with Crippen LogP contribution in [0.4, 0.5) is 0 Å². The number of carbonyl (C=O) groups is 2. The van der Waals surface area contributed by atoms with Crippen LogP contribution >= 0.6 is 0 Å². The van der Waals surface area contributed by atoms with E-state index in [0.29, 0.717) is 34.8 Å². The summed E-state index contributed by atoms with van der Waals surface area (Å²) in [6.45, 7) is 0. The van der Waals surface area contributed by atoms with Gasteiger partial charge in [-0.2, -0.15) is 0 Å². The maximum atomic E-state index is 11.7. The molecule has 212 valence electrons. The molecule has 4 bridgehead atoms. The zero-order valence-corrected chi connectivity index (χ0v) is 23.2. The standard InChI is InChI=1S/C36H32O6/c37-33(38)29-11-1-3-13-31(29)41-27-9-5-7-25(16-27)35-18-23-15-24(19-35)21-36(20-23,22-35)26-8-6-10-28(17-26)42-32-14-4-2-12-30(32)34(39)40/h1-14,16-17,23-24H,15,18-22H2,(H,37,38)(H,39,40). The molecule has 0 aromatic heterocycles. The summed E-state index contributed by atoms with van der Waals surface area (Å²) in [4.78, 5) is 23.5. The van der Waals surface area contributed by atoms with Gasteiger partial charge in [0.05, 0.1) is 0 Å². The van der Waals surface area contributed by atoms with Gasteiger partial charge in [0, 0.05) is 0 Å². The molecule has 6 heteroatoms. The first-order valence-electron chi connectivity index (χ1n) is 14.5. The molecule has 0 amide bonds. The van der Waals surface area contributed by atoms with Gasteiger partial charge in [0.1, 0.15) is 34.1 Å². The smallest absolute Gasteiger partial charge is 0.339 e. The Morgan fingerprint density at radius 2 is 1.02 bits per heavy atom. The molecule has 0 saturated heterocycles. The largest absolute Gasteiger partial charge is 0.478 e. The lowest BCUT2D eigenvalue weighted by molar-refractivity contribution is -0.0282. The summed E-state index contributed by atoms with van der Waals surface area (Å²) in [6.07, 6.45) is 6.85. The predicted molar refractivity (Wildman–Crippen MR) is 158 cm³/mol. The Bertz CT molecular complexity index is 1550. The average Bonchev–Trinajstić information content (AvgIpc) is 2.97. The molecule has 4 saturated carbocycles. The first kappa shape index (κ1) is 26.3. The second-order valence-electron chi connectivity index (χ2n) is 12.4. The first-order chi connectivity index (χ1) is 20.3. The molecule has 8 rings (SSSR count). The molecular weight excluding hydrogens is 528 g/mol. The van der Waals surface area contributed by atoms with Gasteiger partial charge in [-0.1, -0.05) is 48.5 Å². The Hall–Kier alpha value is -4.58. The van der Waals surface area contributed by atoms with E-state index < -0.39 is 11.9 Å². The molecule has 0 aliphatic heterocycles. The van der Waals surface area contributed by atoms with Crippen molar-refractivity contribution in [1.29, 1.82) is 0 Å². The molecule has 42 heavy (non-hydrogen) atoms. The Morgan fingerprint density at radius 1 is 0.595 bits per heavy atom. The molecule has 4 aliphatic carbocycles. The fourth-order valence-corrected chi connectivity index (χ4v) is 8.44. The van der Waals surface area contributed by atoms with E-state index in [4.69, 9.17) is 9.47 Å². The molecule has 4 fully saturated rings. The number of carboxylic acids is 2. The molecule has 6 nitrogen and oxygen atoms in total. The van der Waals surface area contributed by atoms with Gasteiger partial charge in [-0.3, -0.25) is 0 Å². The molecule has 0 atom stereocenters. The van der Waals surface area contributed by atoms with Crippen LogP contribution in [-0.4, -0.2) is 22.2 Å². The number of para-hydroxylation sites is 2. The third kappa shape index (κ3) is 4.61. The van der Waals surface area contributed by atoms with E-state index in [0.717, 1.165) is 32.1 Å². The van der Waals surface area contributed by atoms with Crippen molar-refractivity contribution in [2.45, 2.75) is 49.4 Å². The van der Waals surface area contributed by atoms with Gasteiger partial charge in [0.25, 0.3) is 0 Å². The second-order valence-corrected chi connectivity index (χ2v) is 12.4. The monoisotopic (exact) mass is 560 g/mol. The second kappa shape index (κ2) is 10.1. The molecular formula is C36H32O6. The van der Waals surface area contributed by atoms with Crippen molar-refractivity contribution in [2.75, 3.05) is 0 Å². The Kier molecular flexibility index (Phi) is 6.30. The summed E-state index contributed by atoms with van der Waals surface area (Å²) in [5.74, 6) is 1.21. The normalized spacial score (nSPS) is 25.6. The molecule has 0 radical (unpaired) electrons. The number of benzene rings is 4. The quantitative estimate of drug-likeness (QED) is 0.225. The minimum Gasteiger partial charge on any atom is -0.478 e. The highest BCUT2D eigenvalue weighted by molar-refractivity contribution is 5.91. The summed E-state index contributed by atoms with van der Waals surface area (Å²) in [7, 11) is 0. The Morgan fingerprint density at radius 3 is 1.45 bits per heavy atom. The molecule has 4 aliphatic rings. The van der Waals surface area contributed by atoms with E-state index >= 15 is 0 Å². The minimum absolute atomic E-state index is 0.0164. The fourth-order valence-electron chi connectivity index (χ4n) is 8.44. The van der Waals surface area contributed by atoms with Crippen LogP contribution in [-0.2, 0) is 10.8 Å². The topological polar surface area (TPSA) is 93.1 Å². The van der Waals surface area contributed by atoms with Crippen LogP contribution in [0.5, 0.6) is 23.0 Å². The van der Waals surface area contributed by atoms with E-state index in [9.17, 15) is 19.8 Å². The Balaban J connectivity index is 1.20. The van der Waals surface area contributed by atoms with Gasteiger partial charge in [-0.05, 0) is 121 Å². The van der Waals surface area contributed by atoms with Crippen LogP contribution < -0.4 is 9.47 Å². The van der Waals surface area contributed by atoms with Crippen LogP contribution in [0.3, 0.4) is 0 Å². The predicted octanol–water partition coefficient (Wildman–Crippen LogP) is 8.46. The number of aromatic carboxylic acids is 2. The number of ether oxygens (including phenoxy) is 2. The molecule has 4 aromatic rings. The Labute approximate surface area is 244 Å². The van der Waals surface area contributed by atoms with Gasteiger partial charge in [-0.25, -0.2) is 9.59 Å². The number of carboxylic acid groups (broad SMARTS) is 2. The third-order valence-corrected chi connectivity index (χ3v) is 9.64. The van der Waals surface area contributed by atoms with Crippen LogP contribution in [0.1, 0.15) is 70.4 Å². The summed E-state index contributed by atoms with van der Waals surface area (Å²) >= 11 is 0. The van der Waals surface area contributed by atoms with Crippen molar-refractivity contribution in [3.8, 4) is 23.0 Å². The van der Waals surface area contributed by atoms with Gasteiger partial charge in [-0.15, -0.1) is 0 Å².